The summed E-state index contributed by atoms with van der Waals surface area (Å²) in [5.74, 6) is -1.62. The van der Waals surface area contributed by atoms with Crippen LogP contribution in [-0.2, 0) is 14.3 Å². The third-order valence-electron chi connectivity index (χ3n) is 4.26. The molecular formula is C17H20FN3O4. The van der Waals surface area contributed by atoms with E-state index in [4.69, 9.17) is 9.47 Å². The zero-order valence-corrected chi connectivity index (χ0v) is 13.8. The highest BCUT2D eigenvalue weighted by molar-refractivity contribution is 5.85. The lowest BCUT2D eigenvalue weighted by molar-refractivity contribution is -0.145. The van der Waals surface area contributed by atoms with E-state index in [1.165, 1.54) is 19.2 Å². The molecule has 2 aliphatic rings. The van der Waals surface area contributed by atoms with Gasteiger partial charge < -0.3 is 25.0 Å². The quantitative estimate of drug-likeness (QED) is 0.800. The molecular weight excluding hydrogens is 329 g/mol. The molecule has 0 unspecified atom stereocenters. The fourth-order valence-corrected chi connectivity index (χ4v) is 3.00. The first-order valence-corrected chi connectivity index (χ1v) is 8.03. The molecule has 2 saturated heterocycles. The van der Waals surface area contributed by atoms with E-state index in [1.807, 2.05) is 4.90 Å². The normalized spacial score (nSPS) is 25.3. The van der Waals surface area contributed by atoms with Gasteiger partial charge in [0.1, 0.15) is 11.7 Å². The van der Waals surface area contributed by atoms with Crippen molar-refractivity contribution in [3.05, 3.63) is 47.5 Å². The van der Waals surface area contributed by atoms with E-state index in [0.29, 0.717) is 37.6 Å². The van der Waals surface area contributed by atoms with Gasteiger partial charge in [-0.05, 0) is 17.7 Å². The van der Waals surface area contributed by atoms with E-state index in [1.54, 1.807) is 18.3 Å². The third-order valence-corrected chi connectivity index (χ3v) is 4.26. The van der Waals surface area contributed by atoms with Gasteiger partial charge in [-0.25, -0.2) is 9.18 Å². The van der Waals surface area contributed by atoms with Crippen molar-refractivity contribution in [2.75, 3.05) is 33.4 Å². The van der Waals surface area contributed by atoms with Crippen LogP contribution in [-0.4, -0.2) is 50.3 Å². The van der Waals surface area contributed by atoms with Crippen molar-refractivity contribution in [1.29, 1.82) is 0 Å². The Labute approximate surface area is 144 Å². The highest BCUT2D eigenvalue weighted by atomic mass is 19.1. The SMILES string of the molecule is COC(=O)[C@H]1/C(=C\N2CCOCC2)NC(=O)N[C@@H]1c1ccc(F)cc1. The number of esters is 1. The maximum atomic E-state index is 13.2. The topological polar surface area (TPSA) is 79.9 Å². The smallest absolute Gasteiger partial charge is 0.319 e. The van der Waals surface area contributed by atoms with E-state index >= 15 is 0 Å². The lowest BCUT2D eigenvalue weighted by atomic mass is 9.88. The number of nitrogens with one attached hydrogen (secondary N) is 2. The van der Waals surface area contributed by atoms with Gasteiger partial charge in [0.2, 0.25) is 0 Å². The molecule has 0 bridgehead atoms. The summed E-state index contributed by atoms with van der Waals surface area (Å²) in [6, 6.07) is 4.62. The van der Waals surface area contributed by atoms with Gasteiger partial charge in [0.05, 0.1) is 32.1 Å². The van der Waals surface area contributed by atoms with Crippen molar-refractivity contribution in [3.63, 3.8) is 0 Å². The van der Waals surface area contributed by atoms with Crippen LogP contribution >= 0.6 is 0 Å². The van der Waals surface area contributed by atoms with Gasteiger partial charge in [0.25, 0.3) is 0 Å². The van der Waals surface area contributed by atoms with Crippen LogP contribution in [0.4, 0.5) is 9.18 Å². The molecule has 7 nitrogen and oxygen atoms in total. The van der Waals surface area contributed by atoms with E-state index in [2.05, 4.69) is 10.6 Å². The summed E-state index contributed by atoms with van der Waals surface area (Å²) in [5, 5.41) is 5.42. The zero-order valence-electron chi connectivity index (χ0n) is 13.8. The van der Waals surface area contributed by atoms with Crippen molar-refractivity contribution in [2.24, 2.45) is 5.92 Å². The summed E-state index contributed by atoms with van der Waals surface area (Å²) < 4.78 is 23.5. The number of hydrogen-bond donors (Lipinski definition) is 2. The minimum atomic E-state index is -0.754. The third kappa shape index (κ3) is 3.90. The molecule has 8 heteroatoms. The Morgan fingerprint density at radius 1 is 1.32 bits per heavy atom. The van der Waals surface area contributed by atoms with Crippen LogP contribution in [0.1, 0.15) is 11.6 Å². The monoisotopic (exact) mass is 349 g/mol. The molecule has 0 spiro atoms. The molecule has 0 aliphatic carbocycles. The predicted molar refractivity (Wildman–Crippen MR) is 86.8 cm³/mol. The largest absolute Gasteiger partial charge is 0.468 e. The molecule has 0 saturated carbocycles. The summed E-state index contributed by atoms with van der Waals surface area (Å²) in [4.78, 5) is 26.5. The first-order chi connectivity index (χ1) is 12.1. The lowest BCUT2D eigenvalue weighted by Crippen LogP contribution is -2.52. The first-order valence-electron chi connectivity index (χ1n) is 8.03. The number of amides is 2. The van der Waals surface area contributed by atoms with E-state index in [-0.39, 0.29) is 5.82 Å². The molecule has 1 aromatic rings. The molecule has 2 aliphatic heterocycles. The highest BCUT2D eigenvalue weighted by Crippen LogP contribution is 2.31. The minimum Gasteiger partial charge on any atom is -0.468 e. The molecule has 2 atom stereocenters. The van der Waals surface area contributed by atoms with Gasteiger partial charge in [-0.15, -0.1) is 0 Å². The molecule has 134 valence electrons. The number of rotatable bonds is 3. The maximum Gasteiger partial charge on any atom is 0.319 e. The second-order valence-corrected chi connectivity index (χ2v) is 5.86. The van der Waals surface area contributed by atoms with Crippen LogP contribution in [0.3, 0.4) is 0 Å². The van der Waals surface area contributed by atoms with Gasteiger partial charge in [-0.1, -0.05) is 12.1 Å². The minimum absolute atomic E-state index is 0.386. The van der Waals surface area contributed by atoms with Crippen LogP contribution in [0.15, 0.2) is 36.2 Å². The van der Waals surface area contributed by atoms with Gasteiger partial charge in [0.15, 0.2) is 0 Å². The van der Waals surface area contributed by atoms with E-state index in [9.17, 15) is 14.0 Å². The lowest BCUT2D eigenvalue weighted by Gasteiger charge is -2.35. The van der Waals surface area contributed by atoms with Crippen molar-refractivity contribution < 1.29 is 23.5 Å². The molecule has 25 heavy (non-hydrogen) atoms. The Bertz CT molecular complexity index is 671. The molecule has 1 aromatic carbocycles. The number of urea groups is 1. The number of nitrogens with zero attached hydrogens (tertiary/aromatic N) is 1. The van der Waals surface area contributed by atoms with Crippen LogP contribution < -0.4 is 10.6 Å². The molecule has 2 N–H and O–H groups in total. The Balaban J connectivity index is 1.95. The number of benzene rings is 1. The van der Waals surface area contributed by atoms with Gasteiger partial charge in [-0.3, -0.25) is 4.79 Å². The van der Waals surface area contributed by atoms with Crippen LogP contribution in [0.25, 0.3) is 0 Å². The summed E-state index contributed by atoms with van der Waals surface area (Å²) in [5.41, 5.74) is 1.08. The summed E-state index contributed by atoms with van der Waals surface area (Å²) in [7, 11) is 1.30. The Kier molecular flexibility index (Phi) is 5.18. The molecule has 2 amide bonds. The molecule has 0 aromatic heterocycles. The molecule has 0 radical (unpaired) electrons. The van der Waals surface area contributed by atoms with Crippen molar-refractivity contribution in [3.8, 4) is 0 Å². The van der Waals surface area contributed by atoms with Crippen molar-refractivity contribution in [2.45, 2.75) is 6.04 Å². The van der Waals surface area contributed by atoms with Crippen LogP contribution in [0, 0.1) is 11.7 Å². The number of morpholine rings is 1. The number of ether oxygens (including phenoxy) is 2. The Morgan fingerprint density at radius 3 is 2.64 bits per heavy atom. The number of carbonyl (C=O) groups is 2. The fraction of sp³-hybridized carbons (Fsp3) is 0.412. The Morgan fingerprint density at radius 2 is 2.00 bits per heavy atom. The number of hydrogen-bond acceptors (Lipinski definition) is 5. The van der Waals surface area contributed by atoms with Crippen molar-refractivity contribution in [1.82, 2.24) is 15.5 Å². The zero-order chi connectivity index (χ0) is 17.8. The first kappa shape index (κ1) is 17.2. The van der Waals surface area contributed by atoms with Gasteiger partial charge in [0, 0.05) is 19.3 Å². The molecule has 2 heterocycles. The summed E-state index contributed by atoms with van der Waals surface area (Å²) >= 11 is 0. The van der Waals surface area contributed by atoms with Crippen LogP contribution in [0.2, 0.25) is 0 Å². The van der Waals surface area contributed by atoms with Gasteiger partial charge in [-0.2, -0.15) is 0 Å². The van der Waals surface area contributed by atoms with Gasteiger partial charge >= 0.3 is 12.0 Å². The Hall–Kier alpha value is -2.61. The average Bonchev–Trinajstić information content (AvgIpc) is 2.62. The summed E-state index contributed by atoms with van der Waals surface area (Å²) in [6.45, 7) is 2.50. The molecule has 2 fully saturated rings. The standard InChI is InChI=1S/C17H20FN3O4/c1-24-16(22)14-13(10-21-6-8-25-9-7-21)19-17(23)20-15(14)11-2-4-12(18)5-3-11/h2-5,10,14-15H,6-9H2,1H3,(H2,19,20,23)/b13-10+/t14-,15+/m0/s1. The predicted octanol–water partition coefficient (Wildman–Crippen LogP) is 1.14. The fourth-order valence-electron chi connectivity index (χ4n) is 3.00. The number of carbonyl (C=O) groups excluding carboxylic acids is 2. The average molecular weight is 349 g/mol. The second-order valence-electron chi connectivity index (χ2n) is 5.86. The van der Waals surface area contributed by atoms with E-state index < -0.39 is 24.0 Å². The van der Waals surface area contributed by atoms with Crippen molar-refractivity contribution >= 4 is 12.0 Å². The van der Waals surface area contributed by atoms with E-state index in [0.717, 1.165) is 0 Å². The summed E-state index contributed by atoms with van der Waals surface area (Å²) in [6.07, 6.45) is 1.76. The maximum absolute atomic E-state index is 13.2. The number of methoxy groups -OCH3 is 1. The van der Waals surface area contributed by atoms with Crippen LogP contribution in [0.5, 0.6) is 0 Å². The second kappa shape index (κ2) is 7.52. The number of halogens is 1. The molecule has 3 rings (SSSR count). The highest BCUT2D eigenvalue weighted by Gasteiger charge is 2.39.